The predicted molar refractivity (Wildman–Crippen MR) is 138 cm³/mol. The lowest BCUT2D eigenvalue weighted by Gasteiger charge is -2.30. The molecule has 0 spiro atoms. The number of aryl methyl sites for hydroxylation is 1. The lowest BCUT2D eigenvalue weighted by Crippen LogP contribution is -2.38. The molecule has 0 fully saturated rings. The van der Waals surface area contributed by atoms with Crippen molar-refractivity contribution in [2.45, 2.75) is 50.9 Å². The van der Waals surface area contributed by atoms with E-state index in [1.54, 1.807) is 7.05 Å². The number of alkyl halides is 1. The quantitative estimate of drug-likeness (QED) is 0.265. The number of hydrogen-bond acceptors (Lipinski definition) is 4. The molecule has 1 aliphatic carbocycles. The second-order valence-corrected chi connectivity index (χ2v) is 10.4. The number of rotatable bonds is 7. The van der Waals surface area contributed by atoms with Gasteiger partial charge in [-0.05, 0) is 36.3 Å². The van der Waals surface area contributed by atoms with Crippen LogP contribution in [0.1, 0.15) is 54.9 Å². The fourth-order valence-corrected chi connectivity index (χ4v) is 5.39. The van der Waals surface area contributed by atoms with Crippen molar-refractivity contribution in [2.75, 3.05) is 0 Å². The summed E-state index contributed by atoms with van der Waals surface area (Å²) in [5, 5.41) is 0. The van der Waals surface area contributed by atoms with Crippen LogP contribution in [-0.2, 0) is 27.1 Å². The number of hydrogen-bond donors (Lipinski definition) is 0. The number of nitrogens with zero attached hydrogens (tertiary/aromatic N) is 4. The van der Waals surface area contributed by atoms with Crippen LogP contribution in [0.5, 0.6) is 0 Å². The molecule has 8 heteroatoms. The van der Waals surface area contributed by atoms with E-state index >= 15 is 0 Å². The van der Waals surface area contributed by atoms with Crippen molar-refractivity contribution in [1.82, 2.24) is 18.7 Å². The van der Waals surface area contributed by atoms with Gasteiger partial charge in [-0.15, -0.1) is 0 Å². The number of allylic oxidation sites excluding steroid dienone is 2. The molecule has 3 aromatic rings. The monoisotopic (exact) mass is 526 g/mol. The van der Waals surface area contributed by atoms with Crippen LogP contribution in [0.15, 0.2) is 46.0 Å². The number of halogens is 1. The van der Waals surface area contributed by atoms with E-state index in [-0.39, 0.29) is 16.2 Å². The highest BCUT2D eigenvalue weighted by molar-refractivity contribution is 9.09. The molecule has 3 unspecified atom stereocenters. The smallest absolute Gasteiger partial charge is 0.322 e. The van der Waals surface area contributed by atoms with Gasteiger partial charge in [0, 0.05) is 43.9 Å². The fourth-order valence-electron chi connectivity index (χ4n) is 4.74. The van der Waals surface area contributed by atoms with Crippen LogP contribution < -0.4 is 11.2 Å². The van der Waals surface area contributed by atoms with Gasteiger partial charge in [0.25, 0.3) is 5.56 Å². The Morgan fingerprint density at radius 1 is 1.21 bits per heavy atom. The molecule has 1 aliphatic rings. The molecular formula is C26H31BrN4O3. The molecule has 0 radical (unpaired) electrons. The minimum atomic E-state index is -0.393. The third-order valence-electron chi connectivity index (χ3n) is 6.94. The first-order valence-corrected chi connectivity index (χ1v) is 12.7. The van der Waals surface area contributed by atoms with Crippen LogP contribution in [0.2, 0.25) is 0 Å². The summed E-state index contributed by atoms with van der Waals surface area (Å²) < 4.78 is 4.58. The Morgan fingerprint density at radius 2 is 1.97 bits per heavy atom. The number of fused-ring (bicyclic) bond motifs is 1. The maximum Gasteiger partial charge on any atom is 0.332 e. The topological polar surface area (TPSA) is 78.9 Å². The number of imidazole rings is 1. The number of aromatic nitrogens is 4. The van der Waals surface area contributed by atoms with E-state index in [9.17, 15) is 14.4 Å². The number of Topliss-reactive ketones (excluding diaryl/α,β-unsaturated/α-hetero) is 1. The highest BCUT2D eigenvalue weighted by Crippen LogP contribution is 2.32. The van der Waals surface area contributed by atoms with E-state index in [0.29, 0.717) is 47.9 Å². The molecule has 0 aliphatic heterocycles. The first-order chi connectivity index (χ1) is 16.2. The minimum absolute atomic E-state index is 0.125. The van der Waals surface area contributed by atoms with E-state index in [0.717, 1.165) is 28.8 Å². The maximum atomic E-state index is 13.2. The normalized spacial score (nSPS) is 20.2. The second-order valence-electron chi connectivity index (χ2n) is 9.29. The second kappa shape index (κ2) is 9.86. The van der Waals surface area contributed by atoms with E-state index in [2.05, 4.69) is 35.0 Å². The largest absolute Gasteiger partial charge is 0.332 e. The molecule has 0 bridgehead atoms. The van der Waals surface area contributed by atoms with Gasteiger partial charge in [-0.25, -0.2) is 9.78 Å². The van der Waals surface area contributed by atoms with Crippen LogP contribution in [-0.4, -0.2) is 29.3 Å². The van der Waals surface area contributed by atoms with Crippen molar-refractivity contribution in [3.63, 3.8) is 0 Å². The van der Waals surface area contributed by atoms with Crippen LogP contribution >= 0.6 is 15.9 Å². The molecule has 180 valence electrons. The van der Waals surface area contributed by atoms with Crippen molar-refractivity contribution in [2.24, 2.45) is 25.9 Å². The van der Waals surface area contributed by atoms with Gasteiger partial charge in [0.15, 0.2) is 16.9 Å². The summed E-state index contributed by atoms with van der Waals surface area (Å²) in [6.07, 6.45) is 7.05. The van der Waals surface area contributed by atoms with Crippen LogP contribution in [0.25, 0.3) is 11.2 Å². The average molecular weight is 527 g/mol. The Balaban J connectivity index is 1.83. The summed E-state index contributed by atoms with van der Waals surface area (Å²) in [5.41, 5.74) is 1.77. The summed E-state index contributed by atoms with van der Waals surface area (Å²) >= 11 is 3.75. The Kier molecular flexibility index (Phi) is 7.07. The average Bonchev–Trinajstić information content (AvgIpc) is 3.17. The van der Waals surface area contributed by atoms with Crippen LogP contribution in [0, 0.1) is 11.8 Å². The van der Waals surface area contributed by atoms with Gasteiger partial charge in [0.2, 0.25) is 0 Å². The summed E-state index contributed by atoms with van der Waals surface area (Å²) in [6.45, 7) is 4.83. The number of carbonyl (C=O) groups is 1. The van der Waals surface area contributed by atoms with Gasteiger partial charge in [-0.3, -0.25) is 18.7 Å². The Bertz CT molecular complexity index is 1380. The van der Waals surface area contributed by atoms with Gasteiger partial charge in [0.1, 0.15) is 5.82 Å². The summed E-state index contributed by atoms with van der Waals surface area (Å²) in [4.78, 5) is 43.3. The Hall–Kier alpha value is -2.74. The van der Waals surface area contributed by atoms with Crippen molar-refractivity contribution in [3.05, 3.63) is 74.2 Å². The highest BCUT2D eigenvalue weighted by Gasteiger charge is 2.28. The van der Waals surface area contributed by atoms with Gasteiger partial charge in [-0.2, -0.15) is 0 Å². The lowest BCUT2D eigenvalue weighted by molar-refractivity contribution is 0.0981. The van der Waals surface area contributed by atoms with Gasteiger partial charge < -0.3 is 4.57 Å². The van der Waals surface area contributed by atoms with Crippen molar-refractivity contribution < 1.29 is 4.79 Å². The zero-order valence-electron chi connectivity index (χ0n) is 20.1. The Morgan fingerprint density at radius 3 is 2.71 bits per heavy atom. The van der Waals surface area contributed by atoms with E-state index < -0.39 is 5.69 Å². The van der Waals surface area contributed by atoms with Crippen molar-refractivity contribution in [3.8, 4) is 0 Å². The maximum absolute atomic E-state index is 13.2. The van der Waals surface area contributed by atoms with Gasteiger partial charge in [0.05, 0.1) is 0 Å². The van der Waals surface area contributed by atoms with E-state index in [1.165, 1.54) is 11.6 Å². The molecule has 2 heterocycles. The zero-order valence-corrected chi connectivity index (χ0v) is 21.7. The molecule has 7 nitrogen and oxygen atoms in total. The molecule has 0 N–H and O–H groups in total. The SMILES string of the molecule is CCCC(=O)c1cccc(Cc2nc3c(c(=O)n(C)c(=O)n3C)n2CC2CC=CC(Br)C2C)c1. The first kappa shape index (κ1) is 24.4. The van der Waals surface area contributed by atoms with E-state index in [4.69, 9.17) is 4.98 Å². The summed E-state index contributed by atoms with van der Waals surface area (Å²) in [5.74, 6) is 1.54. The minimum Gasteiger partial charge on any atom is -0.322 e. The molecule has 3 atom stereocenters. The van der Waals surface area contributed by atoms with Gasteiger partial charge in [-0.1, -0.05) is 60.1 Å². The highest BCUT2D eigenvalue weighted by atomic mass is 79.9. The summed E-state index contributed by atoms with van der Waals surface area (Å²) in [6, 6.07) is 7.63. The Labute approximate surface area is 207 Å². The zero-order chi connectivity index (χ0) is 24.6. The fraction of sp³-hybridized carbons (Fsp3) is 0.462. The molecule has 0 amide bonds. The van der Waals surface area contributed by atoms with Gasteiger partial charge >= 0.3 is 5.69 Å². The number of carbonyl (C=O) groups excluding carboxylic acids is 1. The van der Waals surface area contributed by atoms with Crippen molar-refractivity contribution in [1.29, 1.82) is 0 Å². The first-order valence-electron chi connectivity index (χ1n) is 11.8. The molecule has 34 heavy (non-hydrogen) atoms. The standard InChI is InChI=1S/C26H31BrN4O3/c1-5-8-21(32)18-10-6-9-17(13-18)14-22-28-24-23(25(33)30(4)26(34)29(24)3)31(22)15-19-11-7-12-20(27)16(19)2/h6-7,9-10,12-13,16,19-20H,5,8,11,14-15H2,1-4H3. The lowest BCUT2D eigenvalue weighted by atomic mass is 9.84. The number of ketones is 1. The van der Waals surface area contributed by atoms with Crippen LogP contribution in [0.3, 0.4) is 0 Å². The molecule has 4 rings (SSSR count). The molecule has 2 aromatic heterocycles. The molecule has 1 aromatic carbocycles. The third kappa shape index (κ3) is 4.48. The van der Waals surface area contributed by atoms with Crippen molar-refractivity contribution >= 4 is 32.9 Å². The van der Waals surface area contributed by atoms with Crippen LogP contribution in [0.4, 0.5) is 0 Å². The van der Waals surface area contributed by atoms with E-state index in [1.807, 2.05) is 35.8 Å². The molecular weight excluding hydrogens is 496 g/mol. The number of benzene rings is 1. The predicted octanol–water partition coefficient (Wildman–Crippen LogP) is 3.98. The molecule has 0 saturated heterocycles. The summed E-state index contributed by atoms with van der Waals surface area (Å²) in [7, 11) is 3.15. The molecule has 0 saturated carbocycles. The third-order valence-corrected chi connectivity index (χ3v) is 8.08.